The van der Waals surface area contributed by atoms with Crippen molar-refractivity contribution in [3.63, 3.8) is 0 Å². The van der Waals surface area contributed by atoms with Crippen LogP contribution < -0.4 is 15.5 Å². The standard InChI is InChI=1S/C24H35N3O3/c28-23(18-8-3-1-4-9-18)26-19-11-12-22(27-13-5-2-6-14-27)21(16-19)24(29)25-17-20-10-7-15-30-20/h11-12,16,18,20H,1-10,13-15,17H2,(H,25,29)(H,26,28). The molecular formula is C24H35N3O3. The summed E-state index contributed by atoms with van der Waals surface area (Å²) in [6, 6.07) is 5.81. The zero-order valence-electron chi connectivity index (χ0n) is 18.0. The zero-order valence-corrected chi connectivity index (χ0v) is 18.0. The highest BCUT2D eigenvalue weighted by atomic mass is 16.5. The van der Waals surface area contributed by atoms with E-state index < -0.39 is 0 Å². The van der Waals surface area contributed by atoms with Crippen LogP contribution in [0.2, 0.25) is 0 Å². The Balaban J connectivity index is 1.49. The van der Waals surface area contributed by atoms with E-state index in [9.17, 15) is 9.59 Å². The summed E-state index contributed by atoms with van der Waals surface area (Å²) in [5, 5.41) is 6.13. The van der Waals surface area contributed by atoms with Crippen molar-refractivity contribution in [3.8, 4) is 0 Å². The summed E-state index contributed by atoms with van der Waals surface area (Å²) in [6.45, 7) is 3.26. The van der Waals surface area contributed by atoms with Gasteiger partial charge in [-0.05, 0) is 63.1 Å². The van der Waals surface area contributed by atoms with E-state index in [-0.39, 0.29) is 23.8 Å². The predicted octanol–water partition coefficient (Wildman–Crippen LogP) is 4.10. The van der Waals surface area contributed by atoms with Crippen LogP contribution in [0.25, 0.3) is 0 Å². The van der Waals surface area contributed by atoms with Gasteiger partial charge >= 0.3 is 0 Å². The molecule has 2 saturated heterocycles. The van der Waals surface area contributed by atoms with Crippen molar-refractivity contribution < 1.29 is 14.3 Å². The SMILES string of the molecule is O=C(NCC1CCCO1)c1cc(NC(=O)C2CCCCC2)ccc1N1CCCCC1. The molecule has 2 heterocycles. The molecule has 1 saturated carbocycles. The molecule has 30 heavy (non-hydrogen) atoms. The highest BCUT2D eigenvalue weighted by molar-refractivity contribution is 6.02. The number of carbonyl (C=O) groups is 2. The van der Waals surface area contributed by atoms with Crippen LogP contribution in [0.4, 0.5) is 11.4 Å². The lowest BCUT2D eigenvalue weighted by molar-refractivity contribution is -0.120. The Morgan fingerprint density at radius 3 is 2.47 bits per heavy atom. The molecule has 0 bridgehead atoms. The number of hydrogen-bond acceptors (Lipinski definition) is 4. The molecule has 164 valence electrons. The quantitative estimate of drug-likeness (QED) is 0.736. The molecule has 1 unspecified atom stereocenters. The Kier molecular flexibility index (Phi) is 7.26. The van der Waals surface area contributed by atoms with Crippen LogP contribution in [-0.4, -0.2) is 44.2 Å². The average molecular weight is 414 g/mol. The Morgan fingerprint density at radius 2 is 1.73 bits per heavy atom. The number of hydrogen-bond donors (Lipinski definition) is 2. The molecule has 1 aromatic rings. The first kappa shape index (κ1) is 21.2. The summed E-state index contributed by atoms with van der Waals surface area (Å²) in [5.41, 5.74) is 2.33. The van der Waals surface area contributed by atoms with Gasteiger partial charge in [-0.3, -0.25) is 9.59 Å². The number of carbonyl (C=O) groups excluding carboxylic acids is 2. The van der Waals surface area contributed by atoms with Crippen molar-refractivity contribution in [2.75, 3.05) is 36.5 Å². The molecule has 3 fully saturated rings. The Labute approximate surface area is 179 Å². The van der Waals surface area contributed by atoms with Crippen molar-refractivity contribution in [1.82, 2.24) is 5.32 Å². The lowest BCUT2D eigenvalue weighted by atomic mass is 9.88. The van der Waals surface area contributed by atoms with E-state index in [1.807, 2.05) is 18.2 Å². The summed E-state index contributed by atoms with van der Waals surface area (Å²) < 4.78 is 5.65. The molecule has 0 spiro atoms. The van der Waals surface area contributed by atoms with E-state index in [2.05, 4.69) is 15.5 Å². The molecule has 1 aliphatic carbocycles. The molecule has 2 aliphatic heterocycles. The van der Waals surface area contributed by atoms with Crippen LogP contribution in [0.15, 0.2) is 18.2 Å². The maximum Gasteiger partial charge on any atom is 0.253 e. The zero-order chi connectivity index (χ0) is 20.8. The third-order valence-corrected chi connectivity index (χ3v) is 6.70. The third kappa shape index (κ3) is 5.34. The second kappa shape index (κ2) is 10.3. The average Bonchev–Trinajstić information content (AvgIpc) is 3.32. The fourth-order valence-electron chi connectivity index (χ4n) is 4.92. The maximum absolute atomic E-state index is 13.1. The molecule has 3 aliphatic rings. The number of anilines is 2. The first-order valence-corrected chi connectivity index (χ1v) is 11.8. The molecule has 1 atom stereocenters. The minimum atomic E-state index is -0.0835. The lowest BCUT2D eigenvalue weighted by Gasteiger charge is -2.30. The van der Waals surface area contributed by atoms with E-state index in [4.69, 9.17) is 4.74 Å². The van der Waals surface area contributed by atoms with Gasteiger partial charge in [0.15, 0.2) is 0 Å². The number of ether oxygens (including phenoxy) is 1. The van der Waals surface area contributed by atoms with Gasteiger partial charge in [0.1, 0.15) is 0 Å². The van der Waals surface area contributed by atoms with E-state index in [0.717, 1.165) is 76.8 Å². The maximum atomic E-state index is 13.1. The van der Waals surface area contributed by atoms with E-state index >= 15 is 0 Å². The van der Waals surface area contributed by atoms with Crippen molar-refractivity contribution >= 4 is 23.2 Å². The second-order valence-corrected chi connectivity index (χ2v) is 8.95. The van der Waals surface area contributed by atoms with Crippen LogP contribution in [-0.2, 0) is 9.53 Å². The van der Waals surface area contributed by atoms with Crippen LogP contribution in [0.3, 0.4) is 0 Å². The number of rotatable bonds is 6. The van der Waals surface area contributed by atoms with Gasteiger partial charge in [0.05, 0.1) is 11.7 Å². The highest BCUT2D eigenvalue weighted by Crippen LogP contribution is 2.29. The fraction of sp³-hybridized carbons (Fsp3) is 0.667. The van der Waals surface area contributed by atoms with Crippen molar-refractivity contribution in [2.24, 2.45) is 5.92 Å². The summed E-state index contributed by atoms with van der Waals surface area (Å²) >= 11 is 0. The Hall–Kier alpha value is -2.08. The molecule has 6 heteroatoms. The van der Waals surface area contributed by atoms with E-state index in [1.54, 1.807) is 0 Å². The molecule has 0 aromatic heterocycles. The number of amides is 2. The first-order valence-electron chi connectivity index (χ1n) is 11.8. The van der Waals surface area contributed by atoms with Gasteiger partial charge in [0, 0.05) is 43.5 Å². The van der Waals surface area contributed by atoms with Crippen LogP contribution in [0, 0.1) is 5.92 Å². The third-order valence-electron chi connectivity index (χ3n) is 6.70. The smallest absolute Gasteiger partial charge is 0.253 e. The Morgan fingerprint density at radius 1 is 0.967 bits per heavy atom. The van der Waals surface area contributed by atoms with Gasteiger partial charge in [-0.1, -0.05) is 19.3 Å². The number of nitrogens with one attached hydrogen (secondary N) is 2. The van der Waals surface area contributed by atoms with Gasteiger partial charge in [-0.25, -0.2) is 0 Å². The van der Waals surface area contributed by atoms with E-state index in [0.29, 0.717) is 17.8 Å². The fourth-order valence-corrected chi connectivity index (χ4v) is 4.92. The van der Waals surface area contributed by atoms with Crippen molar-refractivity contribution in [1.29, 1.82) is 0 Å². The molecular weight excluding hydrogens is 378 g/mol. The van der Waals surface area contributed by atoms with Crippen LogP contribution >= 0.6 is 0 Å². The summed E-state index contributed by atoms with van der Waals surface area (Å²) in [6.07, 6.45) is 11.1. The molecule has 2 amide bonds. The molecule has 2 N–H and O–H groups in total. The van der Waals surface area contributed by atoms with Gasteiger partial charge in [-0.15, -0.1) is 0 Å². The van der Waals surface area contributed by atoms with Gasteiger partial charge in [-0.2, -0.15) is 0 Å². The van der Waals surface area contributed by atoms with E-state index in [1.165, 1.54) is 12.8 Å². The Bertz CT molecular complexity index is 733. The summed E-state index contributed by atoms with van der Waals surface area (Å²) in [4.78, 5) is 28.1. The van der Waals surface area contributed by atoms with Gasteiger partial charge in [0.25, 0.3) is 5.91 Å². The molecule has 6 nitrogen and oxygen atoms in total. The normalized spacial score (nSPS) is 22.7. The molecule has 1 aromatic carbocycles. The highest BCUT2D eigenvalue weighted by Gasteiger charge is 2.24. The minimum Gasteiger partial charge on any atom is -0.376 e. The van der Waals surface area contributed by atoms with Crippen molar-refractivity contribution in [2.45, 2.75) is 70.3 Å². The minimum absolute atomic E-state index is 0.0835. The monoisotopic (exact) mass is 413 g/mol. The van der Waals surface area contributed by atoms with Gasteiger partial charge in [0.2, 0.25) is 5.91 Å². The first-order chi connectivity index (χ1) is 14.7. The second-order valence-electron chi connectivity index (χ2n) is 8.95. The largest absolute Gasteiger partial charge is 0.376 e. The molecule has 0 radical (unpaired) electrons. The summed E-state index contributed by atoms with van der Waals surface area (Å²) in [7, 11) is 0. The predicted molar refractivity (Wildman–Crippen MR) is 119 cm³/mol. The van der Waals surface area contributed by atoms with Crippen LogP contribution in [0.1, 0.15) is 74.6 Å². The molecule has 4 rings (SSSR count). The number of piperidine rings is 1. The lowest BCUT2D eigenvalue weighted by Crippen LogP contribution is -2.35. The van der Waals surface area contributed by atoms with Crippen LogP contribution in [0.5, 0.6) is 0 Å². The number of benzene rings is 1. The van der Waals surface area contributed by atoms with Crippen molar-refractivity contribution in [3.05, 3.63) is 23.8 Å². The topological polar surface area (TPSA) is 70.7 Å². The number of nitrogens with zero attached hydrogens (tertiary/aromatic N) is 1. The summed E-state index contributed by atoms with van der Waals surface area (Å²) in [5.74, 6) is 0.100. The van der Waals surface area contributed by atoms with Gasteiger partial charge < -0.3 is 20.3 Å².